The molecule has 0 amide bonds. The van der Waals surface area contributed by atoms with Crippen molar-refractivity contribution < 1.29 is 8.42 Å². The van der Waals surface area contributed by atoms with Crippen molar-refractivity contribution in [2.45, 2.75) is 18.2 Å². The zero-order chi connectivity index (χ0) is 10.2. The molecule has 0 fully saturated rings. The largest absolute Gasteiger partial charge is 0.384 e. The molecule has 0 saturated carbocycles. The Balaban J connectivity index is 2.48. The normalized spacial score (nSPS) is 14.9. The quantitative estimate of drug-likeness (QED) is 0.805. The maximum Gasteiger partial charge on any atom is 0.178 e. The molecule has 76 valence electrons. The first-order valence-corrected chi connectivity index (χ1v) is 6.38. The summed E-state index contributed by atoms with van der Waals surface area (Å²) in [5.41, 5.74) is 2.18. The van der Waals surface area contributed by atoms with E-state index in [4.69, 9.17) is 0 Å². The third-order valence-corrected chi connectivity index (χ3v) is 4.26. The smallest absolute Gasteiger partial charge is 0.178 e. The molecule has 0 saturated heterocycles. The molecule has 0 bridgehead atoms. The van der Waals surface area contributed by atoms with E-state index in [-0.39, 0.29) is 5.75 Å². The average molecular weight is 211 g/mol. The summed E-state index contributed by atoms with van der Waals surface area (Å²) in [5, 5.41) is 3.17. The van der Waals surface area contributed by atoms with Gasteiger partial charge in [0.2, 0.25) is 0 Å². The molecule has 0 aliphatic carbocycles. The van der Waals surface area contributed by atoms with Gasteiger partial charge in [-0.2, -0.15) is 0 Å². The maximum atomic E-state index is 11.6. The van der Waals surface area contributed by atoms with Crippen molar-refractivity contribution in [3.8, 4) is 0 Å². The first kappa shape index (κ1) is 9.52. The summed E-state index contributed by atoms with van der Waals surface area (Å²) < 4.78 is 23.1. The molecule has 2 rings (SSSR count). The highest BCUT2D eigenvalue weighted by atomic mass is 32.2. The molecule has 1 heterocycles. The molecular weight excluding hydrogens is 198 g/mol. The second-order valence-corrected chi connectivity index (χ2v) is 5.68. The monoisotopic (exact) mass is 211 g/mol. The molecule has 1 aromatic carbocycles. The van der Waals surface area contributed by atoms with Gasteiger partial charge >= 0.3 is 0 Å². The second-order valence-electron chi connectivity index (χ2n) is 3.40. The molecule has 0 atom stereocenters. The van der Waals surface area contributed by atoms with Crippen LogP contribution in [0, 0.1) is 0 Å². The van der Waals surface area contributed by atoms with E-state index < -0.39 is 9.84 Å². The van der Waals surface area contributed by atoms with Crippen molar-refractivity contribution in [3.05, 3.63) is 23.8 Å². The number of rotatable bonds is 2. The Kier molecular flexibility index (Phi) is 2.23. The van der Waals surface area contributed by atoms with Crippen LogP contribution in [0.3, 0.4) is 0 Å². The van der Waals surface area contributed by atoms with E-state index >= 15 is 0 Å². The lowest BCUT2D eigenvalue weighted by Crippen LogP contribution is -2.03. The van der Waals surface area contributed by atoms with Crippen molar-refractivity contribution in [1.29, 1.82) is 0 Å². The van der Waals surface area contributed by atoms with E-state index in [0.29, 0.717) is 4.90 Å². The number of benzene rings is 1. The van der Waals surface area contributed by atoms with Gasteiger partial charge in [0.25, 0.3) is 0 Å². The Labute approximate surface area is 84.1 Å². The number of nitrogens with one attached hydrogen (secondary N) is 1. The molecule has 0 spiro atoms. The first-order valence-electron chi connectivity index (χ1n) is 4.73. The lowest BCUT2D eigenvalue weighted by molar-refractivity contribution is 0.597. The van der Waals surface area contributed by atoms with Crippen LogP contribution in [0.4, 0.5) is 5.69 Å². The van der Waals surface area contributed by atoms with Gasteiger partial charge in [0.15, 0.2) is 9.84 Å². The minimum atomic E-state index is -3.06. The third-order valence-electron chi connectivity index (χ3n) is 2.53. The summed E-state index contributed by atoms with van der Waals surface area (Å²) in [7, 11) is -3.06. The highest BCUT2D eigenvalue weighted by Gasteiger charge is 2.16. The summed E-state index contributed by atoms with van der Waals surface area (Å²) in [6.45, 7) is 2.57. The summed E-state index contributed by atoms with van der Waals surface area (Å²) >= 11 is 0. The topological polar surface area (TPSA) is 46.2 Å². The third kappa shape index (κ3) is 1.50. The van der Waals surface area contributed by atoms with Gasteiger partial charge in [-0.05, 0) is 24.1 Å². The number of hydrogen-bond acceptors (Lipinski definition) is 3. The van der Waals surface area contributed by atoms with Gasteiger partial charge < -0.3 is 5.32 Å². The van der Waals surface area contributed by atoms with Crippen LogP contribution >= 0.6 is 0 Å². The summed E-state index contributed by atoms with van der Waals surface area (Å²) in [6, 6.07) is 5.34. The fourth-order valence-corrected chi connectivity index (χ4v) is 2.54. The summed E-state index contributed by atoms with van der Waals surface area (Å²) in [5.74, 6) is 0.159. The van der Waals surface area contributed by atoms with Crippen LogP contribution in [0.25, 0.3) is 0 Å². The highest BCUT2D eigenvalue weighted by molar-refractivity contribution is 7.91. The van der Waals surface area contributed by atoms with E-state index in [1.54, 1.807) is 19.1 Å². The molecular formula is C10H13NO2S. The Hall–Kier alpha value is -1.03. The summed E-state index contributed by atoms with van der Waals surface area (Å²) in [6.07, 6.45) is 0.988. The summed E-state index contributed by atoms with van der Waals surface area (Å²) in [4.78, 5) is 0.424. The van der Waals surface area contributed by atoms with Gasteiger partial charge in [0.1, 0.15) is 0 Å². The molecule has 0 aromatic heterocycles. The predicted molar refractivity (Wildman–Crippen MR) is 56.4 cm³/mol. The van der Waals surface area contributed by atoms with Crippen LogP contribution in [0.1, 0.15) is 12.5 Å². The maximum absolute atomic E-state index is 11.6. The Morgan fingerprint density at radius 3 is 2.93 bits per heavy atom. The van der Waals surface area contributed by atoms with Crippen molar-refractivity contribution in [1.82, 2.24) is 0 Å². The minimum absolute atomic E-state index is 0.159. The molecule has 1 N–H and O–H groups in total. The second kappa shape index (κ2) is 3.28. The Morgan fingerprint density at radius 1 is 1.43 bits per heavy atom. The van der Waals surface area contributed by atoms with Crippen molar-refractivity contribution in [2.75, 3.05) is 17.6 Å². The number of hydrogen-bond donors (Lipinski definition) is 1. The van der Waals surface area contributed by atoms with Crippen LogP contribution in [-0.4, -0.2) is 20.7 Å². The molecule has 0 radical (unpaired) electrons. The van der Waals surface area contributed by atoms with Gasteiger partial charge in [0.05, 0.1) is 10.6 Å². The van der Waals surface area contributed by atoms with Crippen LogP contribution in [0.2, 0.25) is 0 Å². The fourth-order valence-electron chi connectivity index (χ4n) is 1.63. The molecule has 1 aliphatic rings. The highest BCUT2D eigenvalue weighted by Crippen LogP contribution is 2.25. The van der Waals surface area contributed by atoms with E-state index in [0.717, 1.165) is 18.7 Å². The number of anilines is 1. The SMILES string of the molecule is CCS(=O)(=O)c1ccc2c(c1)NCC2. The Bertz CT molecular complexity index is 451. The number of fused-ring (bicyclic) bond motifs is 1. The van der Waals surface area contributed by atoms with Gasteiger partial charge in [-0.25, -0.2) is 8.42 Å². The van der Waals surface area contributed by atoms with Crippen molar-refractivity contribution in [3.63, 3.8) is 0 Å². The van der Waals surface area contributed by atoms with Gasteiger partial charge in [-0.3, -0.25) is 0 Å². The van der Waals surface area contributed by atoms with Crippen LogP contribution < -0.4 is 5.32 Å². The lowest BCUT2D eigenvalue weighted by Gasteiger charge is -2.04. The molecule has 3 nitrogen and oxygen atoms in total. The Morgan fingerprint density at radius 2 is 2.21 bits per heavy atom. The average Bonchev–Trinajstić information content (AvgIpc) is 2.64. The lowest BCUT2D eigenvalue weighted by atomic mass is 10.2. The van der Waals surface area contributed by atoms with E-state index in [1.165, 1.54) is 5.56 Å². The zero-order valence-corrected chi connectivity index (χ0v) is 8.89. The molecule has 1 aliphatic heterocycles. The molecule has 1 aromatic rings. The van der Waals surface area contributed by atoms with Gasteiger partial charge in [0, 0.05) is 12.2 Å². The van der Waals surface area contributed by atoms with Crippen LogP contribution in [-0.2, 0) is 16.3 Å². The minimum Gasteiger partial charge on any atom is -0.384 e. The van der Waals surface area contributed by atoms with Crippen molar-refractivity contribution in [2.24, 2.45) is 0 Å². The first-order chi connectivity index (χ1) is 6.63. The van der Waals surface area contributed by atoms with E-state index in [9.17, 15) is 8.42 Å². The zero-order valence-electron chi connectivity index (χ0n) is 8.08. The van der Waals surface area contributed by atoms with E-state index in [1.807, 2.05) is 6.07 Å². The standard InChI is InChI=1S/C10H13NO2S/c1-2-14(12,13)9-4-3-8-5-6-11-10(8)7-9/h3-4,7,11H,2,5-6H2,1H3. The molecule has 4 heteroatoms. The van der Waals surface area contributed by atoms with Gasteiger partial charge in [-0.15, -0.1) is 0 Å². The molecule has 0 unspecified atom stereocenters. The fraction of sp³-hybridized carbons (Fsp3) is 0.400. The number of sulfone groups is 1. The predicted octanol–water partition coefficient (Wildman–Crippen LogP) is 1.45. The van der Waals surface area contributed by atoms with E-state index in [2.05, 4.69) is 5.32 Å². The van der Waals surface area contributed by atoms with Crippen LogP contribution in [0.15, 0.2) is 23.1 Å². The van der Waals surface area contributed by atoms with Crippen LogP contribution in [0.5, 0.6) is 0 Å². The van der Waals surface area contributed by atoms with Gasteiger partial charge in [-0.1, -0.05) is 13.0 Å². The van der Waals surface area contributed by atoms with Crippen molar-refractivity contribution >= 4 is 15.5 Å². The molecule has 14 heavy (non-hydrogen) atoms.